The monoisotopic (exact) mass is 267 g/mol. The van der Waals surface area contributed by atoms with Crippen molar-refractivity contribution in [3.05, 3.63) is 0 Å². The van der Waals surface area contributed by atoms with Gasteiger partial charge in [0, 0.05) is 38.3 Å². The second kappa shape index (κ2) is 6.11. The molecule has 1 aliphatic heterocycles. The Hall–Kier alpha value is -0.120. The summed E-state index contributed by atoms with van der Waals surface area (Å²) in [5, 5.41) is 3.76. The Labute approximate surface area is 119 Å². The topological polar surface area (TPSA) is 18.5 Å². The van der Waals surface area contributed by atoms with Crippen LogP contribution in [0.5, 0.6) is 0 Å². The first-order valence-corrected chi connectivity index (χ1v) is 8.10. The van der Waals surface area contributed by atoms with E-state index in [2.05, 4.69) is 49.9 Å². The van der Waals surface area contributed by atoms with Crippen LogP contribution in [0.2, 0.25) is 0 Å². The van der Waals surface area contributed by atoms with Gasteiger partial charge in [0.2, 0.25) is 0 Å². The number of piperazine rings is 1. The average Bonchev–Trinajstić information content (AvgIpc) is 2.60. The Morgan fingerprint density at radius 3 is 2.63 bits per heavy atom. The van der Waals surface area contributed by atoms with Crippen LogP contribution in [0.4, 0.5) is 0 Å². The number of rotatable bonds is 4. The predicted molar refractivity (Wildman–Crippen MR) is 82.5 cm³/mol. The van der Waals surface area contributed by atoms with Gasteiger partial charge in [0.25, 0.3) is 0 Å². The summed E-state index contributed by atoms with van der Waals surface area (Å²) < 4.78 is 0. The fourth-order valence-electron chi connectivity index (χ4n) is 4.13. The second-order valence-corrected chi connectivity index (χ2v) is 7.43. The Kier molecular flexibility index (Phi) is 4.91. The van der Waals surface area contributed by atoms with E-state index in [0.29, 0.717) is 17.5 Å². The molecule has 0 aromatic carbocycles. The van der Waals surface area contributed by atoms with Gasteiger partial charge in [0.1, 0.15) is 0 Å². The van der Waals surface area contributed by atoms with E-state index < -0.39 is 0 Å². The number of hydrogen-bond acceptors (Lipinski definition) is 3. The third kappa shape index (κ3) is 3.50. The lowest BCUT2D eigenvalue weighted by atomic mass is 9.84. The van der Waals surface area contributed by atoms with Crippen molar-refractivity contribution in [3.63, 3.8) is 0 Å². The highest BCUT2D eigenvalue weighted by molar-refractivity contribution is 4.97. The second-order valence-electron chi connectivity index (χ2n) is 7.43. The van der Waals surface area contributed by atoms with Gasteiger partial charge in [0.15, 0.2) is 0 Å². The Morgan fingerprint density at radius 1 is 1.26 bits per heavy atom. The molecule has 2 fully saturated rings. The van der Waals surface area contributed by atoms with Gasteiger partial charge >= 0.3 is 0 Å². The molecule has 112 valence electrons. The molecule has 1 saturated heterocycles. The molecule has 1 N–H and O–H groups in total. The minimum absolute atomic E-state index is 0.469. The summed E-state index contributed by atoms with van der Waals surface area (Å²) in [4.78, 5) is 5.18. The molecule has 3 unspecified atom stereocenters. The Balaban J connectivity index is 1.94. The smallest absolute Gasteiger partial charge is 0.0195 e. The minimum atomic E-state index is 0.469. The van der Waals surface area contributed by atoms with E-state index in [1.165, 1.54) is 39.0 Å². The zero-order valence-corrected chi connectivity index (χ0v) is 13.6. The van der Waals surface area contributed by atoms with Crippen molar-refractivity contribution in [2.45, 2.75) is 52.6 Å². The molecule has 0 aromatic rings. The van der Waals surface area contributed by atoms with E-state index in [9.17, 15) is 0 Å². The van der Waals surface area contributed by atoms with E-state index in [0.717, 1.165) is 12.5 Å². The molecule has 2 rings (SSSR count). The van der Waals surface area contributed by atoms with Gasteiger partial charge in [0.05, 0.1) is 0 Å². The van der Waals surface area contributed by atoms with Crippen LogP contribution < -0.4 is 5.32 Å². The first kappa shape index (κ1) is 15.3. The van der Waals surface area contributed by atoms with Crippen molar-refractivity contribution >= 4 is 0 Å². The van der Waals surface area contributed by atoms with Crippen LogP contribution in [0, 0.1) is 11.3 Å². The van der Waals surface area contributed by atoms with Gasteiger partial charge in [-0.1, -0.05) is 20.8 Å². The van der Waals surface area contributed by atoms with Crippen molar-refractivity contribution in [3.8, 4) is 0 Å². The molecule has 1 heterocycles. The van der Waals surface area contributed by atoms with Crippen LogP contribution >= 0.6 is 0 Å². The lowest BCUT2D eigenvalue weighted by Crippen LogP contribution is -2.54. The van der Waals surface area contributed by atoms with Gasteiger partial charge < -0.3 is 10.2 Å². The highest BCUT2D eigenvalue weighted by atomic mass is 15.3. The van der Waals surface area contributed by atoms with E-state index >= 15 is 0 Å². The molecule has 0 spiro atoms. The first-order chi connectivity index (χ1) is 8.94. The summed E-state index contributed by atoms with van der Waals surface area (Å²) in [5.74, 6) is 0.834. The quantitative estimate of drug-likeness (QED) is 0.841. The highest BCUT2D eigenvalue weighted by Crippen LogP contribution is 2.41. The van der Waals surface area contributed by atoms with Crippen LogP contribution in [0.3, 0.4) is 0 Å². The largest absolute Gasteiger partial charge is 0.313 e. The van der Waals surface area contributed by atoms with E-state index in [1.54, 1.807) is 0 Å². The van der Waals surface area contributed by atoms with Gasteiger partial charge in [-0.15, -0.1) is 0 Å². The maximum Gasteiger partial charge on any atom is 0.0195 e. The van der Waals surface area contributed by atoms with Crippen LogP contribution in [-0.4, -0.2) is 61.7 Å². The molecule has 1 aliphatic carbocycles. The number of hydrogen-bond donors (Lipinski definition) is 1. The van der Waals surface area contributed by atoms with Gasteiger partial charge in [-0.3, -0.25) is 4.90 Å². The van der Waals surface area contributed by atoms with Crippen molar-refractivity contribution < 1.29 is 0 Å². The van der Waals surface area contributed by atoms with Crippen molar-refractivity contribution in [1.29, 1.82) is 0 Å². The summed E-state index contributed by atoms with van der Waals surface area (Å²) in [6.07, 6.45) is 2.77. The van der Waals surface area contributed by atoms with E-state index in [4.69, 9.17) is 0 Å². The van der Waals surface area contributed by atoms with E-state index in [1.807, 2.05) is 0 Å². The van der Waals surface area contributed by atoms with Crippen LogP contribution in [0.15, 0.2) is 0 Å². The zero-order valence-electron chi connectivity index (χ0n) is 13.6. The fraction of sp³-hybridized carbons (Fsp3) is 1.00. The molecule has 3 nitrogen and oxygen atoms in total. The molecular formula is C16H33N3. The maximum atomic E-state index is 3.76. The van der Waals surface area contributed by atoms with Gasteiger partial charge in [-0.25, -0.2) is 0 Å². The molecule has 0 bridgehead atoms. The third-order valence-corrected chi connectivity index (χ3v) is 5.33. The summed E-state index contributed by atoms with van der Waals surface area (Å²) in [7, 11) is 2.24. The molecule has 0 aromatic heterocycles. The van der Waals surface area contributed by atoms with E-state index in [-0.39, 0.29) is 0 Å². The normalized spacial score (nSPS) is 36.8. The summed E-state index contributed by atoms with van der Waals surface area (Å²) in [6.45, 7) is 15.6. The molecule has 3 heteroatoms. The molecule has 3 atom stereocenters. The van der Waals surface area contributed by atoms with Crippen LogP contribution in [0.25, 0.3) is 0 Å². The third-order valence-electron chi connectivity index (χ3n) is 5.33. The SMILES string of the molecule is CCNC1C(CN2CCN(C)CC2C)CCC1(C)C. The number of likely N-dealkylation sites (N-methyl/N-ethyl adjacent to an activating group) is 1. The highest BCUT2D eigenvalue weighted by Gasteiger charge is 2.42. The van der Waals surface area contributed by atoms with Crippen molar-refractivity contribution in [1.82, 2.24) is 15.1 Å². The lowest BCUT2D eigenvalue weighted by Gasteiger charge is -2.41. The molecule has 2 aliphatic rings. The summed E-state index contributed by atoms with van der Waals surface area (Å²) >= 11 is 0. The molecule has 0 radical (unpaired) electrons. The van der Waals surface area contributed by atoms with Gasteiger partial charge in [-0.05, 0) is 44.7 Å². The summed E-state index contributed by atoms with van der Waals surface area (Å²) in [5.41, 5.74) is 0.469. The average molecular weight is 267 g/mol. The fourth-order valence-corrected chi connectivity index (χ4v) is 4.13. The Morgan fingerprint density at radius 2 is 2.00 bits per heavy atom. The zero-order chi connectivity index (χ0) is 14.0. The number of nitrogens with zero attached hydrogens (tertiary/aromatic N) is 2. The standard InChI is InChI=1S/C16H33N3/c1-6-17-15-14(7-8-16(15,3)4)12-19-10-9-18(5)11-13(19)2/h13-15,17H,6-12H2,1-5H3. The van der Waals surface area contributed by atoms with Crippen molar-refractivity contribution in [2.24, 2.45) is 11.3 Å². The minimum Gasteiger partial charge on any atom is -0.313 e. The molecular weight excluding hydrogens is 234 g/mol. The maximum absolute atomic E-state index is 3.76. The van der Waals surface area contributed by atoms with Crippen LogP contribution in [0.1, 0.15) is 40.5 Å². The Bertz CT molecular complexity index is 290. The molecule has 19 heavy (non-hydrogen) atoms. The van der Waals surface area contributed by atoms with Crippen LogP contribution in [-0.2, 0) is 0 Å². The lowest BCUT2D eigenvalue weighted by molar-refractivity contribution is 0.0769. The van der Waals surface area contributed by atoms with Crippen molar-refractivity contribution in [2.75, 3.05) is 39.8 Å². The summed E-state index contributed by atoms with van der Waals surface area (Å²) in [6, 6.07) is 1.41. The molecule has 0 amide bonds. The molecule has 1 saturated carbocycles. The predicted octanol–water partition coefficient (Wildman–Crippen LogP) is 2.04. The number of nitrogens with one attached hydrogen (secondary N) is 1. The first-order valence-electron chi connectivity index (χ1n) is 8.10. The van der Waals surface area contributed by atoms with Gasteiger partial charge in [-0.2, -0.15) is 0 Å².